The first-order valence-electron chi connectivity index (χ1n) is 6.91. The van der Waals surface area contributed by atoms with Crippen LogP contribution in [0.2, 0.25) is 0 Å². The van der Waals surface area contributed by atoms with E-state index in [0.29, 0.717) is 12.5 Å². The Labute approximate surface area is 119 Å². The summed E-state index contributed by atoms with van der Waals surface area (Å²) in [6.07, 6.45) is 5.95. The molecule has 1 aliphatic rings. The van der Waals surface area contributed by atoms with E-state index in [-0.39, 0.29) is 5.91 Å². The van der Waals surface area contributed by atoms with E-state index in [2.05, 4.69) is 41.2 Å². The molecule has 1 fully saturated rings. The molecule has 1 saturated carbocycles. The van der Waals surface area contributed by atoms with Crippen molar-refractivity contribution in [1.29, 1.82) is 0 Å². The molecule has 0 unspecified atom stereocenters. The van der Waals surface area contributed by atoms with Gasteiger partial charge >= 0.3 is 0 Å². The zero-order valence-corrected chi connectivity index (χ0v) is 12.3. The zero-order valence-electron chi connectivity index (χ0n) is 11.4. The summed E-state index contributed by atoms with van der Waals surface area (Å²) >= 11 is 1.76. The Balaban J connectivity index is 1.54. The van der Waals surface area contributed by atoms with Crippen LogP contribution < -0.4 is 10.6 Å². The van der Waals surface area contributed by atoms with Gasteiger partial charge in [-0.3, -0.25) is 4.79 Å². The average Bonchev–Trinajstić information content (AvgIpc) is 3.23. The van der Waals surface area contributed by atoms with Gasteiger partial charge in [0.25, 0.3) is 0 Å². The first kappa shape index (κ1) is 14.4. The fourth-order valence-corrected chi connectivity index (χ4v) is 2.29. The van der Waals surface area contributed by atoms with Crippen LogP contribution in [-0.2, 0) is 11.3 Å². The SMILES string of the molecule is CSc1ccc(CNCCCC(=O)NC2CC2)cc1. The Kier molecular flexibility index (Phi) is 5.73. The van der Waals surface area contributed by atoms with Gasteiger partial charge in [0, 0.05) is 23.9 Å². The lowest BCUT2D eigenvalue weighted by molar-refractivity contribution is -0.121. The topological polar surface area (TPSA) is 41.1 Å². The Hall–Kier alpha value is -1.00. The second-order valence-corrected chi connectivity index (χ2v) is 5.85. The van der Waals surface area contributed by atoms with E-state index in [0.717, 1.165) is 32.4 Å². The molecule has 0 radical (unpaired) electrons. The largest absolute Gasteiger partial charge is 0.353 e. The van der Waals surface area contributed by atoms with Gasteiger partial charge in [-0.25, -0.2) is 0 Å². The van der Waals surface area contributed by atoms with Crippen molar-refractivity contribution < 1.29 is 4.79 Å². The quantitative estimate of drug-likeness (QED) is 0.567. The molecule has 0 atom stereocenters. The van der Waals surface area contributed by atoms with Crippen molar-refractivity contribution in [2.45, 2.75) is 43.2 Å². The van der Waals surface area contributed by atoms with E-state index in [4.69, 9.17) is 0 Å². The Morgan fingerprint density at radius 2 is 2.05 bits per heavy atom. The van der Waals surface area contributed by atoms with E-state index in [1.165, 1.54) is 10.5 Å². The van der Waals surface area contributed by atoms with Gasteiger partial charge in [-0.1, -0.05) is 12.1 Å². The van der Waals surface area contributed by atoms with Gasteiger partial charge in [-0.05, 0) is 49.8 Å². The average molecular weight is 278 g/mol. The molecule has 0 heterocycles. The highest BCUT2D eigenvalue weighted by atomic mass is 32.2. The number of amides is 1. The van der Waals surface area contributed by atoms with Crippen molar-refractivity contribution in [3.8, 4) is 0 Å². The molecule has 1 aliphatic carbocycles. The van der Waals surface area contributed by atoms with E-state index >= 15 is 0 Å². The summed E-state index contributed by atoms with van der Waals surface area (Å²) in [5.41, 5.74) is 1.29. The summed E-state index contributed by atoms with van der Waals surface area (Å²) in [5, 5.41) is 6.38. The predicted octanol–water partition coefficient (Wildman–Crippen LogP) is 2.56. The van der Waals surface area contributed by atoms with Crippen molar-refractivity contribution in [2.24, 2.45) is 0 Å². The van der Waals surface area contributed by atoms with Crippen LogP contribution in [0.4, 0.5) is 0 Å². The Morgan fingerprint density at radius 3 is 2.68 bits per heavy atom. The second kappa shape index (κ2) is 7.56. The molecule has 0 aliphatic heterocycles. The summed E-state index contributed by atoms with van der Waals surface area (Å²) in [5.74, 6) is 0.202. The van der Waals surface area contributed by atoms with Gasteiger partial charge in [0.1, 0.15) is 0 Å². The Morgan fingerprint density at radius 1 is 1.32 bits per heavy atom. The maximum Gasteiger partial charge on any atom is 0.220 e. The smallest absolute Gasteiger partial charge is 0.220 e. The maximum atomic E-state index is 11.5. The summed E-state index contributed by atoms with van der Waals surface area (Å²) in [6.45, 7) is 1.77. The lowest BCUT2D eigenvalue weighted by atomic mass is 10.2. The molecule has 4 heteroatoms. The minimum Gasteiger partial charge on any atom is -0.353 e. The molecule has 1 aromatic rings. The number of carbonyl (C=O) groups excluding carboxylic acids is 1. The molecule has 3 nitrogen and oxygen atoms in total. The normalized spacial score (nSPS) is 14.4. The van der Waals surface area contributed by atoms with Gasteiger partial charge in [-0.2, -0.15) is 0 Å². The number of nitrogens with one attached hydrogen (secondary N) is 2. The standard InChI is InChI=1S/C15H22N2OS/c1-19-14-8-4-12(5-9-14)11-16-10-2-3-15(18)17-13-6-7-13/h4-5,8-9,13,16H,2-3,6-7,10-11H2,1H3,(H,17,18). The van der Waals surface area contributed by atoms with Gasteiger partial charge in [0.05, 0.1) is 0 Å². The first-order valence-corrected chi connectivity index (χ1v) is 8.13. The third kappa shape index (κ3) is 5.66. The van der Waals surface area contributed by atoms with Crippen molar-refractivity contribution in [1.82, 2.24) is 10.6 Å². The lowest BCUT2D eigenvalue weighted by Gasteiger charge is -2.06. The molecule has 0 aromatic heterocycles. The highest BCUT2D eigenvalue weighted by molar-refractivity contribution is 7.98. The fourth-order valence-electron chi connectivity index (χ4n) is 1.88. The second-order valence-electron chi connectivity index (χ2n) is 4.97. The van der Waals surface area contributed by atoms with E-state index in [1.54, 1.807) is 11.8 Å². The van der Waals surface area contributed by atoms with Crippen molar-refractivity contribution in [3.63, 3.8) is 0 Å². The highest BCUT2D eigenvalue weighted by Crippen LogP contribution is 2.18. The first-order chi connectivity index (χ1) is 9.28. The Bertz CT molecular complexity index is 401. The summed E-state index contributed by atoms with van der Waals surface area (Å²) in [7, 11) is 0. The van der Waals surface area contributed by atoms with Crippen molar-refractivity contribution in [2.75, 3.05) is 12.8 Å². The third-order valence-corrected chi connectivity index (χ3v) is 3.93. The molecule has 19 heavy (non-hydrogen) atoms. The van der Waals surface area contributed by atoms with E-state index in [9.17, 15) is 4.79 Å². The van der Waals surface area contributed by atoms with Crippen LogP contribution in [0.3, 0.4) is 0 Å². The lowest BCUT2D eigenvalue weighted by Crippen LogP contribution is -2.26. The van der Waals surface area contributed by atoms with Gasteiger partial charge in [0.15, 0.2) is 0 Å². The molecule has 1 amide bonds. The van der Waals surface area contributed by atoms with Crippen LogP contribution in [0.25, 0.3) is 0 Å². The number of thioether (sulfide) groups is 1. The number of carbonyl (C=O) groups is 1. The monoisotopic (exact) mass is 278 g/mol. The number of hydrogen-bond acceptors (Lipinski definition) is 3. The van der Waals surface area contributed by atoms with Crippen molar-refractivity contribution >= 4 is 17.7 Å². The van der Waals surface area contributed by atoms with E-state index < -0.39 is 0 Å². The predicted molar refractivity (Wildman–Crippen MR) is 80.3 cm³/mol. The van der Waals surface area contributed by atoms with Crippen molar-refractivity contribution in [3.05, 3.63) is 29.8 Å². The number of hydrogen-bond donors (Lipinski definition) is 2. The minimum atomic E-state index is 0.202. The molecule has 1 aromatic carbocycles. The van der Waals surface area contributed by atoms with Crippen LogP contribution in [-0.4, -0.2) is 24.7 Å². The van der Waals surface area contributed by atoms with Gasteiger partial charge in [-0.15, -0.1) is 11.8 Å². The zero-order chi connectivity index (χ0) is 13.5. The maximum absolute atomic E-state index is 11.5. The minimum absolute atomic E-state index is 0.202. The summed E-state index contributed by atoms with van der Waals surface area (Å²) in [6, 6.07) is 9.07. The summed E-state index contributed by atoms with van der Waals surface area (Å²) in [4.78, 5) is 12.7. The molecule has 2 rings (SSSR count). The van der Waals surface area contributed by atoms with Crippen LogP contribution in [0.1, 0.15) is 31.2 Å². The van der Waals surface area contributed by atoms with Crippen LogP contribution in [0.15, 0.2) is 29.2 Å². The molecular formula is C15H22N2OS. The van der Waals surface area contributed by atoms with Crippen LogP contribution in [0, 0.1) is 0 Å². The highest BCUT2D eigenvalue weighted by Gasteiger charge is 2.22. The van der Waals surface area contributed by atoms with Gasteiger partial charge in [0.2, 0.25) is 5.91 Å². The molecular weight excluding hydrogens is 256 g/mol. The van der Waals surface area contributed by atoms with Crippen LogP contribution >= 0.6 is 11.8 Å². The number of benzene rings is 1. The number of rotatable bonds is 8. The fraction of sp³-hybridized carbons (Fsp3) is 0.533. The molecule has 2 N–H and O–H groups in total. The van der Waals surface area contributed by atoms with Gasteiger partial charge < -0.3 is 10.6 Å². The molecule has 0 saturated heterocycles. The van der Waals surface area contributed by atoms with Crippen LogP contribution in [0.5, 0.6) is 0 Å². The van der Waals surface area contributed by atoms with E-state index in [1.807, 2.05) is 0 Å². The molecule has 104 valence electrons. The summed E-state index contributed by atoms with van der Waals surface area (Å²) < 4.78 is 0. The molecule has 0 bridgehead atoms. The third-order valence-electron chi connectivity index (χ3n) is 3.19. The molecule has 0 spiro atoms.